The lowest BCUT2D eigenvalue weighted by molar-refractivity contribution is 0.0572. The summed E-state index contributed by atoms with van der Waals surface area (Å²) >= 11 is 0. The third kappa shape index (κ3) is 4.09. The molecule has 0 aromatic heterocycles. The number of rotatable bonds is 6. The molecule has 3 nitrogen and oxygen atoms in total. The second kappa shape index (κ2) is 6.46. The summed E-state index contributed by atoms with van der Waals surface area (Å²) in [4.78, 5) is 2.19. The van der Waals surface area contributed by atoms with Crippen molar-refractivity contribution in [3.63, 3.8) is 0 Å². The summed E-state index contributed by atoms with van der Waals surface area (Å²) in [5.74, 6) is 0.724. The van der Waals surface area contributed by atoms with Crippen LogP contribution in [-0.2, 0) is 0 Å². The zero-order chi connectivity index (χ0) is 11.3. The normalized spacial score (nSPS) is 29.6. The van der Waals surface area contributed by atoms with Gasteiger partial charge in [-0.1, -0.05) is 33.1 Å². The van der Waals surface area contributed by atoms with Crippen LogP contribution in [0.1, 0.15) is 39.5 Å². The number of β-amino-alcohol motifs (C(OH)–C–C–N with tert-alkyl or cyclic N) is 2. The topological polar surface area (TPSA) is 43.7 Å². The van der Waals surface area contributed by atoms with Gasteiger partial charge in [-0.05, 0) is 12.3 Å². The predicted octanol–water partition coefficient (Wildman–Crippen LogP) is 1.24. The lowest BCUT2D eigenvalue weighted by atomic mass is 9.99. The third-order valence-electron chi connectivity index (χ3n) is 3.39. The van der Waals surface area contributed by atoms with Gasteiger partial charge in [0.1, 0.15) is 0 Å². The lowest BCUT2D eigenvalue weighted by Gasteiger charge is -2.22. The molecule has 0 radical (unpaired) electrons. The molecule has 1 aliphatic heterocycles. The first-order valence-electron chi connectivity index (χ1n) is 6.25. The van der Waals surface area contributed by atoms with Crippen LogP contribution in [0.5, 0.6) is 0 Å². The fourth-order valence-corrected chi connectivity index (χ4v) is 2.28. The number of aliphatic hydroxyl groups is 2. The van der Waals surface area contributed by atoms with Crippen molar-refractivity contribution in [1.29, 1.82) is 0 Å². The van der Waals surface area contributed by atoms with Gasteiger partial charge in [0.05, 0.1) is 12.2 Å². The first-order chi connectivity index (χ1) is 7.17. The number of likely N-dealkylation sites (tertiary alicyclic amines) is 1. The van der Waals surface area contributed by atoms with Gasteiger partial charge in [0.25, 0.3) is 0 Å². The summed E-state index contributed by atoms with van der Waals surface area (Å²) in [6, 6.07) is 0. The van der Waals surface area contributed by atoms with Crippen molar-refractivity contribution in [2.75, 3.05) is 19.6 Å². The second-order valence-electron chi connectivity index (χ2n) is 4.77. The molecule has 3 unspecified atom stereocenters. The van der Waals surface area contributed by atoms with Gasteiger partial charge in [0.15, 0.2) is 0 Å². The Balaban J connectivity index is 2.26. The molecule has 0 aliphatic carbocycles. The van der Waals surface area contributed by atoms with Crippen LogP contribution in [0.2, 0.25) is 0 Å². The van der Waals surface area contributed by atoms with Gasteiger partial charge in [-0.15, -0.1) is 0 Å². The lowest BCUT2D eigenvalue weighted by Crippen LogP contribution is -2.28. The van der Waals surface area contributed by atoms with Crippen molar-refractivity contribution < 1.29 is 10.2 Å². The summed E-state index contributed by atoms with van der Waals surface area (Å²) in [5.41, 5.74) is 0. The van der Waals surface area contributed by atoms with Crippen LogP contribution < -0.4 is 0 Å². The summed E-state index contributed by atoms with van der Waals surface area (Å²) in [5, 5.41) is 18.9. The zero-order valence-electron chi connectivity index (χ0n) is 10.0. The Labute approximate surface area is 93.1 Å². The van der Waals surface area contributed by atoms with Crippen LogP contribution in [0.25, 0.3) is 0 Å². The Morgan fingerprint density at radius 1 is 1.20 bits per heavy atom. The van der Waals surface area contributed by atoms with Crippen molar-refractivity contribution in [2.24, 2.45) is 5.92 Å². The smallest absolute Gasteiger partial charge is 0.0938 e. The molecule has 3 heteroatoms. The molecule has 1 rings (SSSR count). The molecule has 0 bridgehead atoms. The highest BCUT2D eigenvalue weighted by atomic mass is 16.3. The van der Waals surface area contributed by atoms with E-state index in [0.29, 0.717) is 13.1 Å². The molecule has 0 aromatic carbocycles. The number of aliphatic hydroxyl groups excluding tert-OH is 2. The highest BCUT2D eigenvalue weighted by molar-refractivity contribution is 4.84. The first kappa shape index (κ1) is 12.9. The number of hydrogen-bond donors (Lipinski definition) is 2. The van der Waals surface area contributed by atoms with E-state index in [4.69, 9.17) is 0 Å². The second-order valence-corrected chi connectivity index (χ2v) is 4.77. The molecule has 0 saturated carbocycles. The molecule has 1 fully saturated rings. The predicted molar refractivity (Wildman–Crippen MR) is 61.8 cm³/mol. The minimum Gasteiger partial charge on any atom is -0.389 e. The SMILES string of the molecule is CCCCC(CC)CN1CC(O)C(O)C1. The van der Waals surface area contributed by atoms with Crippen LogP contribution in [0.15, 0.2) is 0 Å². The fourth-order valence-electron chi connectivity index (χ4n) is 2.28. The highest BCUT2D eigenvalue weighted by Crippen LogP contribution is 2.18. The van der Waals surface area contributed by atoms with E-state index in [9.17, 15) is 10.2 Å². The Bertz CT molecular complexity index is 165. The maximum Gasteiger partial charge on any atom is 0.0938 e. The van der Waals surface area contributed by atoms with Crippen molar-refractivity contribution in [2.45, 2.75) is 51.7 Å². The standard InChI is InChI=1S/C12H25NO2/c1-3-5-6-10(4-2)7-13-8-11(14)12(15)9-13/h10-12,14-15H,3-9H2,1-2H3. The van der Waals surface area contributed by atoms with Crippen LogP contribution >= 0.6 is 0 Å². The van der Waals surface area contributed by atoms with Gasteiger partial charge in [-0.25, -0.2) is 0 Å². The molecule has 3 atom stereocenters. The fraction of sp³-hybridized carbons (Fsp3) is 1.00. The molecule has 1 heterocycles. The molecule has 2 N–H and O–H groups in total. The van der Waals surface area contributed by atoms with Crippen LogP contribution in [0, 0.1) is 5.92 Å². The summed E-state index contributed by atoms with van der Waals surface area (Å²) in [6.07, 6.45) is 3.94. The molecule has 1 saturated heterocycles. The quantitative estimate of drug-likeness (QED) is 0.700. The highest BCUT2D eigenvalue weighted by Gasteiger charge is 2.30. The number of unbranched alkanes of at least 4 members (excludes halogenated alkanes) is 1. The van der Waals surface area contributed by atoms with E-state index in [-0.39, 0.29) is 0 Å². The molecule has 1 aliphatic rings. The molecular weight excluding hydrogens is 190 g/mol. The van der Waals surface area contributed by atoms with E-state index < -0.39 is 12.2 Å². The monoisotopic (exact) mass is 215 g/mol. The largest absolute Gasteiger partial charge is 0.389 e. The summed E-state index contributed by atoms with van der Waals surface area (Å²) in [6.45, 7) is 6.76. The maximum absolute atomic E-state index is 9.44. The van der Waals surface area contributed by atoms with Crippen molar-refractivity contribution in [3.05, 3.63) is 0 Å². The Morgan fingerprint density at radius 2 is 1.80 bits per heavy atom. The van der Waals surface area contributed by atoms with Gasteiger partial charge in [0.2, 0.25) is 0 Å². The Kier molecular flexibility index (Phi) is 5.58. The maximum atomic E-state index is 9.44. The van der Waals surface area contributed by atoms with E-state index in [0.717, 1.165) is 12.5 Å². The van der Waals surface area contributed by atoms with E-state index in [1.807, 2.05) is 0 Å². The number of nitrogens with zero attached hydrogens (tertiary/aromatic N) is 1. The number of hydrogen-bond acceptors (Lipinski definition) is 3. The molecule has 90 valence electrons. The minimum absolute atomic E-state index is 0.534. The average Bonchev–Trinajstić information content (AvgIpc) is 2.53. The minimum atomic E-state index is -0.534. The summed E-state index contributed by atoms with van der Waals surface area (Å²) < 4.78 is 0. The Hall–Kier alpha value is -0.120. The van der Waals surface area contributed by atoms with E-state index in [2.05, 4.69) is 18.7 Å². The molecule has 0 amide bonds. The van der Waals surface area contributed by atoms with Crippen molar-refractivity contribution in [3.8, 4) is 0 Å². The van der Waals surface area contributed by atoms with Crippen LogP contribution in [-0.4, -0.2) is 47.0 Å². The Morgan fingerprint density at radius 3 is 2.27 bits per heavy atom. The third-order valence-corrected chi connectivity index (χ3v) is 3.39. The molecule has 0 aromatic rings. The molecular formula is C12H25NO2. The van der Waals surface area contributed by atoms with E-state index >= 15 is 0 Å². The van der Waals surface area contributed by atoms with Crippen molar-refractivity contribution >= 4 is 0 Å². The van der Waals surface area contributed by atoms with E-state index in [1.165, 1.54) is 25.7 Å². The van der Waals surface area contributed by atoms with Crippen LogP contribution in [0.4, 0.5) is 0 Å². The van der Waals surface area contributed by atoms with Gasteiger partial charge >= 0.3 is 0 Å². The molecule has 15 heavy (non-hydrogen) atoms. The molecule has 0 spiro atoms. The van der Waals surface area contributed by atoms with Crippen LogP contribution in [0.3, 0.4) is 0 Å². The first-order valence-corrected chi connectivity index (χ1v) is 6.25. The van der Waals surface area contributed by atoms with Gasteiger partial charge < -0.3 is 10.2 Å². The van der Waals surface area contributed by atoms with E-state index in [1.54, 1.807) is 0 Å². The summed E-state index contributed by atoms with van der Waals surface area (Å²) in [7, 11) is 0. The average molecular weight is 215 g/mol. The van der Waals surface area contributed by atoms with Gasteiger partial charge in [-0.2, -0.15) is 0 Å². The van der Waals surface area contributed by atoms with Gasteiger partial charge in [0, 0.05) is 19.6 Å². The van der Waals surface area contributed by atoms with Crippen molar-refractivity contribution in [1.82, 2.24) is 4.90 Å². The zero-order valence-corrected chi connectivity index (χ0v) is 10.0. The van der Waals surface area contributed by atoms with Gasteiger partial charge in [-0.3, -0.25) is 4.90 Å².